The molecular weight excluding hydrogens is 600 g/mol. The Labute approximate surface area is 282 Å². The average molecular weight is 637 g/mol. The minimum absolute atomic E-state index is 0.226. The van der Waals surface area contributed by atoms with E-state index in [1.54, 1.807) is 24.3 Å². The molecule has 0 amide bonds. The van der Waals surface area contributed by atoms with E-state index in [2.05, 4.69) is 29.8 Å². The summed E-state index contributed by atoms with van der Waals surface area (Å²) >= 11 is 0. The first-order valence-corrected chi connectivity index (χ1v) is 15.8. The van der Waals surface area contributed by atoms with Gasteiger partial charge in [0.1, 0.15) is 29.1 Å². The molecule has 1 N–H and O–H groups in total. The number of phenols is 1. The monoisotopic (exact) mass is 636 g/mol. The third-order valence-electron chi connectivity index (χ3n) is 8.63. The molecule has 4 aromatic carbocycles. The van der Waals surface area contributed by atoms with Gasteiger partial charge in [0, 0.05) is 11.8 Å². The number of hydrogen-bond donors (Lipinski definition) is 1. The molecule has 48 heavy (non-hydrogen) atoms. The molecule has 0 heterocycles. The topological polar surface area (TPSA) is 82.1 Å². The minimum atomic E-state index is -0.282. The Hall–Kier alpha value is -5.90. The maximum atomic E-state index is 13.1. The van der Waals surface area contributed by atoms with Crippen molar-refractivity contribution in [3.05, 3.63) is 95.1 Å². The third kappa shape index (κ3) is 8.08. The number of hydrogen-bond acceptors (Lipinski definition) is 6. The molecule has 240 valence electrons. The molecule has 0 spiro atoms. The van der Waals surface area contributed by atoms with Gasteiger partial charge >= 0.3 is 11.9 Å². The van der Waals surface area contributed by atoms with E-state index in [-0.39, 0.29) is 29.5 Å². The fraction of sp³-hybridized carbons (Fsp3) is 0.238. The van der Waals surface area contributed by atoms with Crippen LogP contribution in [0.3, 0.4) is 0 Å². The van der Waals surface area contributed by atoms with Crippen molar-refractivity contribution in [2.75, 3.05) is 0 Å². The second-order valence-corrected chi connectivity index (χ2v) is 12.0. The Balaban J connectivity index is 1.14. The van der Waals surface area contributed by atoms with Crippen molar-refractivity contribution < 1.29 is 28.9 Å². The Kier molecular flexibility index (Phi) is 10.5. The number of terminal acetylenes is 1. The van der Waals surface area contributed by atoms with Gasteiger partial charge in [-0.3, -0.25) is 9.59 Å². The zero-order valence-electron chi connectivity index (χ0n) is 27.5. The van der Waals surface area contributed by atoms with Crippen LogP contribution >= 0.6 is 0 Å². The largest absolute Gasteiger partial charge is 0.508 e. The molecule has 0 aromatic heterocycles. The van der Waals surface area contributed by atoms with E-state index in [0.29, 0.717) is 42.9 Å². The maximum Gasteiger partial charge on any atom is 0.314 e. The molecule has 1 aliphatic rings. The highest BCUT2D eigenvalue weighted by molar-refractivity contribution is 5.79. The SMILES string of the molecule is C#CC#CC#COc1ccc(-c2ccc(OC(=O)[C@H]3CC[C@H](C(=O)Oc4ccc(-c5ccc(O)cc5C)c(C)c4)CC3)cc2C)c(C)c1. The van der Waals surface area contributed by atoms with Crippen LogP contribution in [0.4, 0.5) is 0 Å². The van der Waals surface area contributed by atoms with Gasteiger partial charge in [-0.2, -0.15) is 0 Å². The molecule has 0 unspecified atom stereocenters. The average Bonchev–Trinajstić information content (AvgIpc) is 3.06. The van der Waals surface area contributed by atoms with Gasteiger partial charge in [0.2, 0.25) is 0 Å². The van der Waals surface area contributed by atoms with Crippen molar-refractivity contribution in [1.29, 1.82) is 0 Å². The summed E-state index contributed by atoms with van der Waals surface area (Å²) in [6.07, 6.45) is 9.83. The quantitative estimate of drug-likeness (QED) is 0.125. The Morgan fingerprint density at radius 2 is 1.02 bits per heavy atom. The predicted octanol–water partition coefficient (Wildman–Crippen LogP) is 8.25. The van der Waals surface area contributed by atoms with Crippen molar-refractivity contribution in [3.63, 3.8) is 0 Å². The number of carbonyl (C=O) groups excluding carboxylic acids is 2. The Bertz CT molecular complexity index is 2030. The van der Waals surface area contributed by atoms with Crippen molar-refractivity contribution >= 4 is 11.9 Å². The van der Waals surface area contributed by atoms with Crippen LogP contribution in [0.15, 0.2) is 72.8 Å². The standard InChI is InChI=1S/C42H36O6/c1-6-7-8-9-22-46-34-15-19-38(28(3)24-34)40-21-17-36(26-30(40)5)48-42(45)32-12-10-31(11-13-32)41(44)47-35-16-20-39(29(4)25-35)37-18-14-33(43)23-27(37)2/h1,14-21,23-26,31-32,43H,10-13H2,2-5H3/t31-,32-. The summed E-state index contributed by atoms with van der Waals surface area (Å²) in [5.74, 6) is 10.3. The lowest BCUT2D eigenvalue weighted by molar-refractivity contribution is -0.145. The zero-order valence-corrected chi connectivity index (χ0v) is 27.5. The second-order valence-electron chi connectivity index (χ2n) is 12.0. The number of aryl methyl sites for hydroxylation is 4. The summed E-state index contributed by atoms with van der Waals surface area (Å²) < 4.78 is 17.0. The number of esters is 2. The third-order valence-corrected chi connectivity index (χ3v) is 8.63. The molecule has 0 radical (unpaired) electrons. The number of carbonyl (C=O) groups is 2. The van der Waals surface area contributed by atoms with Crippen LogP contribution in [0.25, 0.3) is 22.3 Å². The zero-order chi connectivity index (χ0) is 34.2. The lowest BCUT2D eigenvalue weighted by Crippen LogP contribution is -2.30. The van der Waals surface area contributed by atoms with Gasteiger partial charge < -0.3 is 19.3 Å². The molecule has 1 fully saturated rings. The van der Waals surface area contributed by atoms with E-state index < -0.39 is 0 Å². The van der Waals surface area contributed by atoms with Crippen LogP contribution in [-0.2, 0) is 9.59 Å². The highest BCUT2D eigenvalue weighted by atomic mass is 16.5. The van der Waals surface area contributed by atoms with Gasteiger partial charge in [-0.1, -0.05) is 24.3 Å². The normalized spacial score (nSPS) is 15.1. The number of phenolic OH excluding ortho intramolecular Hbond substituents is 1. The van der Waals surface area contributed by atoms with E-state index in [1.807, 2.05) is 76.2 Å². The predicted molar refractivity (Wildman–Crippen MR) is 186 cm³/mol. The first-order valence-electron chi connectivity index (χ1n) is 15.8. The van der Waals surface area contributed by atoms with Gasteiger partial charge in [-0.05, 0) is 158 Å². The highest BCUT2D eigenvalue weighted by Gasteiger charge is 2.32. The first-order chi connectivity index (χ1) is 23.1. The summed E-state index contributed by atoms with van der Waals surface area (Å²) in [5.41, 5.74) is 7.98. The molecule has 6 heteroatoms. The number of ether oxygens (including phenoxy) is 3. The number of benzene rings is 4. The smallest absolute Gasteiger partial charge is 0.314 e. The summed E-state index contributed by atoms with van der Waals surface area (Å²) in [4.78, 5) is 26.1. The van der Waals surface area contributed by atoms with Crippen molar-refractivity contribution in [2.45, 2.75) is 53.4 Å². The number of aromatic hydroxyl groups is 1. The van der Waals surface area contributed by atoms with Gasteiger partial charge in [0.05, 0.1) is 11.8 Å². The fourth-order valence-electron chi connectivity index (χ4n) is 6.10. The lowest BCUT2D eigenvalue weighted by atomic mass is 9.82. The van der Waals surface area contributed by atoms with Crippen molar-refractivity contribution in [1.82, 2.24) is 0 Å². The second kappa shape index (κ2) is 15.1. The van der Waals surface area contributed by atoms with Crippen molar-refractivity contribution in [2.24, 2.45) is 11.8 Å². The Morgan fingerprint density at radius 3 is 1.46 bits per heavy atom. The summed E-state index contributed by atoms with van der Waals surface area (Å²) in [6.45, 7) is 7.89. The van der Waals surface area contributed by atoms with Crippen LogP contribution in [0.5, 0.6) is 23.0 Å². The van der Waals surface area contributed by atoms with E-state index in [1.165, 1.54) is 0 Å². The van der Waals surface area contributed by atoms with Crippen LogP contribution in [-0.4, -0.2) is 17.0 Å². The van der Waals surface area contributed by atoms with Crippen LogP contribution in [0, 0.1) is 75.7 Å². The summed E-state index contributed by atoms with van der Waals surface area (Å²) in [5, 5.41) is 9.74. The van der Waals surface area contributed by atoms with Crippen LogP contribution < -0.4 is 14.2 Å². The van der Waals surface area contributed by atoms with Gasteiger partial charge in [-0.25, -0.2) is 0 Å². The van der Waals surface area contributed by atoms with Crippen LogP contribution in [0.2, 0.25) is 0 Å². The van der Waals surface area contributed by atoms with Crippen LogP contribution in [0.1, 0.15) is 47.9 Å². The molecule has 1 aliphatic carbocycles. The Morgan fingerprint density at radius 1 is 0.604 bits per heavy atom. The maximum absolute atomic E-state index is 13.1. The summed E-state index contributed by atoms with van der Waals surface area (Å²) in [6, 6.07) is 22.2. The van der Waals surface area contributed by atoms with Gasteiger partial charge in [-0.15, -0.1) is 6.42 Å². The summed E-state index contributed by atoms with van der Waals surface area (Å²) in [7, 11) is 0. The molecule has 0 atom stereocenters. The van der Waals surface area contributed by atoms with Gasteiger partial charge in [0.25, 0.3) is 0 Å². The van der Waals surface area contributed by atoms with E-state index in [0.717, 1.165) is 44.5 Å². The first kappa shape index (κ1) is 33.5. The lowest BCUT2D eigenvalue weighted by Gasteiger charge is -2.26. The molecule has 5 rings (SSSR count). The van der Waals surface area contributed by atoms with E-state index >= 15 is 0 Å². The van der Waals surface area contributed by atoms with Crippen molar-refractivity contribution in [3.8, 4) is 81.5 Å². The molecule has 0 saturated heterocycles. The van der Waals surface area contributed by atoms with E-state index in [4.69, 9.17) is 20.6 Å². The molecule has 0 aliphatic heterocycles. The molecule has 4 aromatic rings. The number of rotatable bonds is 7. The molecule has 1 saturated carbocycles. The highest BCUT2D eigenvalue weighted by Crippen LogP contribution is 2.35. The minimum Gasteiger partial charge on any atom is -0.508 e. The fourth-order valence-corrected chi connectivity index (χ4v) is 6.10. The van der Waals surface area contributed by atoms with Gasteiger partial charge in [0.15, 0.2) is 0 Å². The van der Waals surface area contributed by atoms with E-state index in [9.17, 15) is 14.7 Å². The molecule has 6 nitrogen and oxygen atoms in total. The molecule has 0 bridgehead atoms. The molecular formula is C42H36O6.